The second-order valence-corrected chi connectivity index (χ2v) is 6.37. The van der Waals surface area contributed by atoms with Crippen LogP contribution in [0.2, 0.25) is 0 Å². The van der Waals surface area contributed by atoms with E-state index in [9.17, 15) is 0 Å². The minimum Gasteiger partial charge on any atom is -0.382 e. The second kappa shape index (κ2) is 7.58. The molecule has 7 heteroatoms. The Bertz CT molecular complexity index is 1110. The summed E-state index contributed by atoms with van der Waals surface area (Å²) in [6.07, 6.45) is 2.97. The lowest BCUT2D eigenvalue weighted by atomic mass is 9.95. The van der Waals surface area contributed by atoms with Gasteiger partial charge in [-0.25, -0.2) is 9.97 Å². The fraction of sp³-hybridized carbons (Fsp3) is 0.143. The molecule has 2 heterocycles. The lowest BCUT2D eigenvalue weighted by Crippen LogP contribution is -1.95. The number of nitrogen functional groups attached to an aromatic ring is 1. The van der Waals surface area contributed by atoms with Crippen molar-refractivity contribution in [1.29, 1.82) is 0 Å². The number of nitrogens with two attached hydrogens (primary N) is 1. The number of nitrogens with zero attached hydrogens (tertiary/aromatic N) is 4. The normalized spacial score (nSPS) is 10.9. The molecule has 2 aromatic carbocycles. The molecule has 0 aliphatic carbocycles. The zero-order valence-electron chi connectivity index (χ0n) is 15.6. The topological polar surface area (TPSA) is 100.0 Å². The average Bonchev–Trinajstić information content (AvgIpc) is 3.20. The molecule has 0 radical (unpaired) electrons. The predicted molar refractivity (Wildman–Crippen MR) is 106 cm³/mol. The minimum atomic E-state index is 0.337. The smallest absolute Gasteiger partial charge is 0.258 e. The van der Waals surface area contributed by atoms with E-state index in [1.807, 2.05) is 24.3 Å². The molecule has 28 heavy (non-hydrogen) atoms. The molecule has 0 bridgehead atoms. The van der Waals surface area contributed by atoms with Gasteiger partial charge in [-0.05, 0) is 41.3 Å². The van der Waals surface area contributed by atoms with Crippen LogP contribution in [0.5, 0.6) is 0 Å². The maximum absolute atomic E-state index is 5.57. The quantitative estimate of drug-likeness (QED) is 0.566. The third kappa shape index (κ3) is 3.47. The van der Waals surface area contributed by atoms with Crippen LogP contribution in [-0.2, 0) is 11.3 Å². The summed E-state index contributed by atoms with van der Waals surface area (Å²) in [6.45, 7) is 2.57. The molecule has 0 amide bonds. The van der Waals surface area contributed by atoms with E-state index < -0.39 is 0 Å². The molecule has 0 saturated heterocycles. The average molecular weight is 373 g/mol. The number of aromatic nitrogens is 4. The number of benzene rings is 2. The first-order chi connectivity index (χ1) is 13.7. The molecule has 0 spiro atoms. The monoisotopic (exact) mass is 373 g/mol. The molecule has 4 rings (SSSR count). The van der Waals surface area contributed by atoms with E-state index in [2.05, 4.69) is 45.2 Å². The molecule has 2 aromatic heterocycles. The van der Waals surface area contributed by atoms with Crippen LogP contribution in [-0.4, -0.2) is 27.2 Å². The molecule has 0 unspecified atom stereocenters. The van der Waals surface area contributed by atoms with Crippen LogP contribution in [0, 0.1) is 6.92 Å². The van der Waals surface area contributed by atoms with Gasteiger partial charge in [-0.15, -0.1) is 0 Å². The zero-order valence-corrected chi connectivity index (χ0v) is 15.6. The highest BCUT2D eigenvalue weighted by molar-refractivity contribution is 5.73. The van der Waals surface area contributed by atoms with Crippen molar-refractivity contribution in [2.24, 2.45) is 0 Å². The molecule has 0 fully saturated rings. The summed E-state index contributed by atoms with van der Waals surface area (Å²) in [6, 6.07) is 14.3. The highest BCUT2D eigenvalue weighted by Gasteiger charge is 2.15. The SMILES string of the molecule is COCc1cc(-c2nc(-c3cnc(N)cn3)no2)ccc1-c1ccccc1C. The molecule has 0 aliphatic rings. The van der Waals surface area contributed by atoms with Gasteiger partial charge in [0.05, 0.1) is 19.0 Å². The van der Waals surface area contributed by atoms with E-state index in [1.54, 1.807) is 7.11 Å². The van der Waals surface area contributed by atoms with Crippen molar-refractivity contribution in [1.82, 2.24) is 20.1 Å². The molecule has 0 aliphatic heterocycles. The van der Waals surface area contributed by atoms with Crippen LogP contribution in [0.1, 0.15) is 11.1 Å². The summed E-state index contributed by atoms with van der Waals surface area (Å²) >= 11 is 0. The van der Waals surface area contributed by atoms with Gasteiger partial charge >= 0.3 is 0 Å². The minimum absolute atomic E-state index is 0.337. The fourth-order valence-corrected chi connectivity index (χ4v) is 3.04. The van der Waals surface area contributed by atoms with Gasteiger partial charge in [0.1, 0.15) is 11.5 Å². The van der Waals surface area contributed by atoms with Crippen LogP contribution >= 0.6 is 0 Å². The Kier molecular flexibility index (Phi) is 4.82. The van der Waals surface area contributed by atoms with Crippen molar-refractivity contribution >= 4 is 5.82 Å². The third-order valence-corrected chi connectivity index (χ3v) is 4.41. The number of rotatable bonds is 5. The summed E-state index contributed by atoms with van der Waals surface area (Å²) in [7, 11) is 1.68. The predicted octanol–water partition coefficient (Wildman–Crippen LogP) is 3.90. The van der Waals surface area contributed by atoms with E-state index in [1.165, 1.54) is 23.5 Å². The first-order valence-corrected chi connectivity index (χ1v) is 8.75. The summed E-state index contributed by atoms with van der Waals surface area (Å²) < 4.78 is 10.8. The molecule has 2 N–H and O–H groups in total. The molecule has 7 nitrogen and oxygen atoms in total. The van der Waals surface area contributed by atoms with Gasteiger partial charge in [-0.1, -0.05) is 35.5 Å². The summed E-state index contributed by atoms with van der Waals surface area (Å²) in [5, 5.41) is 4.00. The van der Waals surface area contributed by atoms with Crippen molar-refractivity contribution in [3.8, 4) is 34.1 Å². The van der Waals surface area contributed by atoms with Crippen molar-refractivity contribution in [2.75, 3.05) is 12.8 Å². The summed E-state index contributed by atoms with van der Waals surface area (Å²) in [4.78, 5) is 12.6. The van der Waals surface area contributed by atoms with Crippen LogP contribution in [0.15, 0.2) is 59.4 Å². The highest BCUT2D eigenvalue weighted by Crippen LogP contribution is 2.31. The Morgan fingerprint density at radius 2 is 1.89 bits per heavy atom. The fourth-order valence-electron chi connectivity index (χ4n) is 3.04. The van der Waals surface area contributed by atoms with Crippen molar-refractivity contribution in [2.45, 2.75) is 13.5 Å². The molecule has 0 saturated carbocycles. The molecule has 0 atom stereocenters. The first-order valence-electron chi connectivity index (χ1n) is 8.75. The Morgan fingerprint density at radius 3 is 2.64 bits per heavy atom. The molecular formula is C21H19N5O2. The van der Waals surface area contributed by atoms with Crippen molar-refractivity contribution in [3.05, 3.63) is 66.0 Å². The number of ether oxygens (including phenoxy) is 1. The van der Waals surface area contributed by atoms with Crippen LogP contribution < -0.4 is 5.73 Å². The largest absolute Gasteiger partial charge is 0.382 e. The highest BCUT2D eigenvalue weighted by atomic mass is 16.5. The number of hydrogen-bond acceptors (Lipinski definition) is 7. The number of anilines is 1. The van der Waals surface area contributed by atoms with Gasteiger partial charge in [-0.2, -0.15) is 4.98 Å². The van der Waals surface area contributed by atoms with E-state index in [4.69, 9.17) is 15.0 Å². The molecule has 140 valence electrons. The van der Waals surface area contributed by atoms with E-state index in [0.717, 1.165) is 16.7 Å². The van der Waals surface area contributed by atoms with E-state index >= 15 is 0 Å². The van der Waals surface area contributed by atoms with Gasteiger partial charge in [0.2, 0.25) is 5.82 Å². The van der Waals surface area contributed by atoms with E-state index in [-0.39, 0.29) is 0 Å². The molecular weight excluding hydrogens is 354 g/mol. The first kappa shape index (κ1) is 17.8. The Hall–Kier alpha value is -3.58. The maximum Gasteiger partial charge on any atom is 0.258 e. The second-order valence-electron chi connectivity index (χ2n) is 6.37. The van der Waals surface area contributed by atoms with E-state index in [0.29, 0.717) is 29.8 Å². The third-order valence-electron chi connectivity index (χ3n) is 4.41. The number of hydrogen-bond donors (Lipinski definition) is 1. The Balaban J connectivity index is 1.72. The number of aryl methyl sites for hydroxylation is 1. The van der Waals surface area contributed by atoms with Crippen LogP contribution in [0.25, 0.3) is 34.1 Å². The summed E-state index contributed by atoms with van der Waals surface area (Å²) in [5.41, 5.74) is 11.4. The van der Waals surface area contributed by atoms with Gasteiger partial charge in [-0.3, -0.25) is 0 Å². The zero-order chi connectivity index (χ0) is 19.5. The number of methoxy groups -OCH3 is 1. The van der Waals surface area contributed by atoms with Gasteiger partial charge in [0, 0.05) is 12.7 Å². The van der Waals surface area contributed by atoms with Crippen LogP contribution in [0.4, 0.5) is 5.82 Å². The maximum atomic E-state index is 5.57. The Morgan fingerprint density at radius 1 is 1.04 bits per heavy atom. The van der Waals surface area contributed by atoms with Gasteiger partial charge in [0.25, 0.3) is 5.89 Å². The molecule has 4 aromatic rings. The standard InChI is InChI=1S/C21H19N5O2/c1-13-5-3-4-6-16(13)17-8-7-14(9-15(17)12-27-2)21-25-20(26-28-21)18-10-24-19(22)11-23-18/h3-11H,12H2,1-2H3,(H2,22,24). The summed E-state index contributed by atoms with van der Waals surface area (Å²) in [5.74, 6) is 1.10. The van der Waals surface area contributed by atoms with Crippen LogP contribution in [0.3, 0.4) is 0 Å². The van der Waals surface area contributed by atoms with Gasteiger partial charge in [0.15, 0.2) is 0 Å². The van der Waals surface area contributed by atoms with Crippen molar-refractivity contribution < 1.29 is 9.26 Å². The van der Waals surface area contributed by atoms with Crippen molar-refractivity contribution in [3.63, 3.8) is 0 Å². The lowest BCUT2D eigenvalue weighted by Gasteiger charge is -2.12. The Labute approximate surface area is 162 Å². The van der Waals surface area contributed by atoms with Gasteiger partial charge < -0.3 is 15.0 Å². The lowest BCUT2D eigenvalue weighted by molar-refractivity contribution is 0.185.